The lowest BCUT2D eigenvalue weighted by molar-refractivity contribution is -0.119. The van der Waals surface area contributed by atoms with E-state index in [4.69, 9.17) is 15.2 Å². The van der Waals surface area contributed by atoms with Gasteiger partial charge in [-0.05, 0) is 68.0 Å². The molecule has 1 aliphatic rings. The molecule has 154 valence electrons. The van der Waals surface area contributed by atoms with Crippen LogP contribution in [0.3, 0.4) is 0 Å². The molecule has 1 aliphatic heterocycles. The molecule has 29 heavy (non-hydrogen) atoms. The number of hydrogen-bond acceptors (Lipinski definition) is 5. The van der Waals surface area contributed by atoms with Crippen LogP contribution < -0.4 is 15.4 Å². The van der Waals surface area contributed by atoms with Gasteiger partial charge in [-0.1, -0.05) is 18.2 Å². The van der Waals surface area contributed by atoms with Gasteiger partial charge in [-0.3, -0.25) is 4.79 Å². The number of carbonyl (C=O) groups is 2. The first kappa shape index (κ1) is 20.8. The normalized spacial score (nSPS) is 14.1. The Morgan fingerprint density at radius 2 is 2.07 bits per heavy atom. The van der Waals surface area contributed by atoms with Gasteiger partial charge in [0.2, 0.25) is 5.91 Å². The number of anilines is 1. The molecule has 1 heterocycles. The summed E-state index contributed by atoms with van der Waals surface area (Å²) < 4.78 is 24.2. The summed E-state index contributed by atoms with van der Waals surface area (Å²) in [5, 5.41) is 0. The highest BCUT2D eigenvalue weighted by molar-refractivity contribution is 5.98. The van der Waals surface area contributed by atoms with Gasteiger partial charge in [0.15, 0.2) is 0 Å². The minimum absolute atomic E-state index is 0.229. The maximum absolute atomic E-state index is 14.4. The second kappa shape index (κ2) is 9.05. The number of benzene rings is 2. The standard InChI is InChI=1S/C22H25FN2O4/c1-3-28-22(27)29-17-10-9-16(14(2)12-17)13-19(24)21(26)25-11-5-7-15-6-4-8-18(23)20(15)25/h4,6,8-10,12,19H,3,5,7,11,13,24H2,1-2H3/t19-/m0/s1. The Kier molecular flexibility index (Phi) is 6.49. The fourth-order valence-corrected chi connectivity index (χ4v) is 3.55. The van der Waals surface area contributed by atoms with Gasteiger partial charge in [-0.2, -0.15) is 0 Å². The number of ether oxygens (including phenoxy) is 2. The van der Waals surface area contributed by atoms with Crippen LogP contribution in [0.1, 0.15) is 30.0 Å². The highest BCUT2D eigenvalue weighted by Crippen LogP contribution is 2.30. The zero-order valence-electron chi connectivity index (χ0n) is 16.6. The molecule has 0 radical (unpaired) electrons. The Morgan fingerprint density at radius 1 is 1.28 bits per heavy atom. The Hall–Kier alpha value is -2.93. The Bertz CT molecular complexity index is 916. The van der Waals surface area contributed by atoms with E-state index in [2.05, 4.69) is 0 Å². The van der Waals surface area contributed by atoms with Gasteiger partial charge in [0.25, 0.3) is 0 Å². The smallest absolute Gasteiger partial charge is 0.434 e. The van der Waals surface area contributed by atoms with E-state index in [1.165, 1.54) is 11.0 Å². The number of fused-ring (bicyclic) bond motifs is 1. The molecule has 2 aromatic rings. The SMILES string of the molecule is CCOC(=O)Oc1ccc(C[C@H](N)C(=O)N2CCCc3cccc(F)c32)c(C)c1. The van der Waals surface area contributed by atoms with Gasteiger partial charge < -0.3 is 20.1 Å². The first-order valence-electron chi connectivity index (χ1n) is 9.69. The fraction of sp³-hybridized carbons (Fsp3) is 0.364. The van der Waals surface area contributed by atoms with E-state index >= 15 is 0 Å². The molecule has 0 saturated carbocycles. The van der Waals surface area contributed by atoms with Crippen molar-refractivity contribution in [3.05, 3.63) is 58.9 Å². The molecule has 0 aromatic heterocycles. The molecular formula is C22H25FN2O4. The van der Waals surface area contributed by atoms with Gasteiger partial charge >= 0.3 is 6.16 Å². The number of aryl methyl sites for hydroxylation is 2. The van der Waals surface area contributed by atoms with Crippen LogP contribution in [0.2, 0.25) is 0 Å². The van der Waals surface area contributed by atoms with Crippen LogP contribution in [0.4, 0.5) is 14.9 Å². The van der Waals surface area contributed by atoms with E-state index < -0.39 is 18.0 Å². The van der Waals surface area contributed by atoms with Crippen molar-refractivity contribution in [2.24, 2.45) is 5.73 Å². The van der Waals surface area contributed by atoms with Crippen molar-refractivity contribution in [2.45, 2.75) is 39.2 Å². The van der Waals surface area contributed by atoms with E-state index in [-0.39, 0.29) is 12.5 Å². The maximum Gasteiger partial charge on any atom is 0.513 e. The summed E-state index contributed by atoms with van der Waals surface area (Å²) in [4.78, 5) is 25.9. The van der Waals surface area contributed by atoms with Crippen molar-refractivity contribution in [3.63, 3.8) is 0 Å². The van der Waals surface area contributed by atoms with Gasteiger partial charge in [-0.25, -0.2) is 9.18 Å². The van der Waals surface area contributed by atoms with Crippen LogP contribution in [-0.2, 0) is 22.4 Å². The number of carbonyl (C=O) groups excluding carboxylic acids is 2. The van der Waals surface area contributed by atoms with Crippen molar-refractivity contribution >= 4 is 17.7 Å². The topological polar surface area (TPSA) is 81.9 Å². The maximum atomic E-state index is 14.4. The average molecular weight is 400 g/mol. The molecule has 7 heteroatoms. The Labute approximate surface area is 169 Å². The second-order valence-electron chi connectivity index (χ2n) is 7.02. The Balaban J connectivity index is 1.72. The van der Waals surface area contributed by atoms with Crippen molar-refractivity contribution in [1.29, 1.82) is 0 Å². The summed E-state index contributed by atoms with van der Waals surface area (Å²) in [5.74, 6) is -0.349. The van der Waals surface area contributed by atoms with Gasteiger partial charge in [0.1, 0.15) is 11.6 Å². The van der Waals surface area contributed by atoms with Gasteiger partial charge in [0, 0.05) is 6.54 Å². The number of nitrogens with zero attached hydrogens (tertiary/aromatic N) is 1. The molecular weight excluding hydrogens is 375 g/mol. The summed E-state index contributed by atoms with van der Waals surface area (Å²) in [6.45, 7) is 4.22. The number of amides is 1. The zero-order chi connectivity index (χ0) is 21.0. The quantitative estimate of drug-likeness (QED) is 0.613. The molecule has 6 nitrogen and oxygen atoms in total. The molecule has 0 bridgehead atoms. The number of hydrogen-bond donors (Lipinski definition) is 1. The van der Waals surface area contributed by atoms with E-state index in [0.29, 0.717) is 24.4 Å². The molecule has 3 rings (SSSR count). The van der Waals surface area contributed by atoms with Crippen LogP contribution in [0, 0.1) is 12.7 Å². The molecule has 0 saturated heterocycles. The zero-order valence-corrected chi connectivity index (χ0v) is 16.6. The Morgan fingerprint density at radius 3 is 2.79 bits per heavy atom. The van der Waals surface area contributed by atoms with Crippen LogP contribution in [0.25, 0.3) is 0 Å². The minimum atomic E-state index is -0.809. The summed E-state index contributed by atoms with van der Waals surface area (Å²) in [6.07, 6.45) is 1.04. The average Bonchev–Trinajstić information content (AvgIpc) is 2.69. The molecule has 2 aromatic carbocycles. The van der Waals surface area contributed by atoms with Crippen molar-refractivity contribution in [3.8, 4) is 5.75 Å². The van der Waals surface area contributed by atoms with Crippen molar-refractivity contribution < 1.29 is 23.5 Å². The molecule has 2 N–H and O–H groups in total. The second-order valence-corrected chi connectivity index (χ2v) is 7.02. The summed E-state index contributed by atoms with van der Waals surface area (Å²) >= 11 is 0. The van der Waals surface area contributed by atoms with E-state index in [9.17, 15) is 14.0 Å². The van der Waals surface area contributed by atoms with Crippen LogP contribution in [0.5, 0.6) is 5.75 Å². The highest BCUT2D eigenvalue weighted by atomic mass is 19.1. The summed E-state index contributed by atoms with van der Waals surface area (Å²) in [6, 6.07) is 9.15. The van der Waals surface area contributed by atoms with Gasteiger partial charge in [-0.15, -0.1) is 0 Å². The number of halogens is 1. The number of rotatable bonds is 5. The first-order chi connectivity index (χ1) is 13.9. The van der Waals surface area contributed by atoms with Crippen molar-refractivity contribution in [2.75, 3.05) is 18.1 Å². The van der Waals surface area contributed by atoms with Crippen LogP contribution in [-0.4, -0.2) is 31.3 Å². The summed E-state index contributed by atoms with van der Waals surface area (Å²) in [7, 11) is 0. The van der Waals surface area contributed by atoms with Crippen LogP contribution >= 0.6 is 0 Å². The summed E-state index contributed by atoms with van der Waals surface area (Å²) in [5.41, 5.74) is 9.05. The van der Waals surface area contributed by atoms with E-state index in [1.54, 1.807) is 31.2 Å². The lowest BCUT2D eigenvalue weighted by Gasteiger charge is -2.31. The van der Waals surface area contributed by atoms with Gasteiger partial charge in [0.05, 0.1) is 18.3 Å². The number of nitrogens with two attached hydrogens (primary N) is 1. The molecule has 0 aliphatic carbocycles. The first-order valence-corrected chi connectivity index (χ1v) is 9.69. The molecule has 0 spiro atoms. The molecule has 1 amide bonds. The third-order valence-corrected chi connectivity index (χ3v) is 4.97. The predicted molar refractivity (Wildman–Crippen MR) is 108 cm³/mol. The molecule has 0 fully saturated rings. The number of para-hydroxylation sites is 1. The van der Waals surface area contributed by atoms with Crippen LogP contribution in [0.15, 0.2) is 36.4 Å². The lowest BCUT2D eigenvalue weighted by atomic mass is 9.97. The highest BCUT2D eigenvalue weighted by Gasteiger charge is 2.29. The lowest BCUT2D eigenvalue weighted by Crippen LogP contribution is -2.47. The van der Waals surface area contributed by atoms with Crippen molar-refractivity contribution in [1.82, 2.24) is 0 Å². The fourth-order valence-electron chi connectivity index (χ4n) is 3.55. The predicted octanol–water partition coefficient (Wildman–Crippen LogP) is 3.52. The molecule has 0 unspecified atom stereocenters. The molecule has 1 atom stereocenters. The largest absolute Gasteiger partial charge is 0.513 e. The minimum Gasteiger partial charge on any atom is -0.434 e. The monoisotopic (exact) mass is 400 g/mol. The van der Waals surface area contributed by atoms with E-state index in [1.807, 2.05) is 13.0 Å². The third-order valence-electron chi connectivity index (χ3n) is 4.97. The van der Waals surface area contributed by atoms with E-state index in [0.717, 1.165) is 29.5 Å². The third kappa shape index (κ3) is 4.74.